The Balaban J connectivity index is 1.48. The lowest BCUT2D eigenvalue weighted by Gasteiger charge is -2.29. The number of aliphatic imine (C=N–C) groups is 1. The highest BCUT2D eigenvalue weighted by Gasteiger charge is 2.49. The van der Waals surface area contributed by atoms with E-state index < -0.39 is 23.3 Å². The molecule has 2 amide bonds. The van der Waals surface area contributed by atoms with E-state index >= 15 is 0 Å². The third-order valence-electron chi connectivity index (χ3n) is 6.97. The molecule has 8 heteroatoms. The Kier molecular flexibility index (Phi) is 6.95. The van der Waals surface area contributed by atoms with Gasteiger partial charge in [-0.2, -0.15) is 0 Å². The van der Waals surface area contributed by atoms with Gasteiger partial charge in [-0.05, 0) is 89.2 Å². The highest BCUT2D eigenvalue weighted by Crippen LogP contribution is 2.51. The molecule has 0 bridgehead atoms. The predicted molar refractivity (Wildman–Crippen MR) is 136 cm³/mol. The van der Waals surface area contributed by atoms with Crippen molar-refractivity contribution in [2.24, 2.45) is 28.5 Å². The summed E-state index contributed by atoms with van der Waals surface area (Å²) in [6.45, 7) is 5.43. The van der Waals surface area contributed by atoms with Crippen LogP contribution in [0.5, 0.6) is 0 Å². The van der Waals surface area contributed by atoms with Crippen molar-refractivity contribution in [3.05, 3.63) is 41.6 Å². The number of amides is 2. The minimum Gasteiger partial charge on any atom is -0.444 e. The number of hydrogen-bond acceptors (Lipinski definition) is 6. The highest BCUT2D eigenvalue weighted by molar-refractivity contribution is 6.14. The van der Waals surface area contributed by atoms with Crippen molar-refractivity contribution >= 4 is 23.4 Å². The van der Waals surface area contributed by atoms with Gasteiger partial charge >= 0.3 is 6.09 Å². The molecule has 4 rings (SSSR count). The van der Waals surface area contributed by atoms with E-state index in [4.69, 9.17) is 10.5 Å². The summed E-state index contributed by atoms with van der Waals surface area (Å²) in [5, 5.41) is 16.4. The van der Waals surface area contributed by atoms with Crippen LogP contribution in [0.2, 0.25) is 0 Å². The Hall–Kier alpha value is -2.87. The minimum atomic E-state index is -0.905. The number of anilines is 1. The van der Waals surface area contributed by atoms with Gasteiger partial charge in [-0.3, -0.25) is 9.79 Å². The Morgan fingerprint density at radius 3 is 2.14 bits per heavy atom. The number of nitrogens with two attached hydrogens (primary N) is 1. The van der Waals surface area contributed by atoms with E-state index in [1.807, 2.05) is 32.9 Å². The van der Waals surface area contributed by atoms with Gasteiger partial charge in [-0.25, -0.2) is 4.79 Å². The molecule has 0 unspecified atom stereocenters. The number of rotatable bonds is 9. The number of carbonyl (C=O) groups is 2. The van der Waals surface area contributed by atoms with Crippen molar-refractivity contribution in [1.29, 1.82) is 0 Å². The average Bonchev–Trinajstić information content (AvgIpc) is 3.63. The molecule has 1 atom stereocenters. The summed E-state index contributed by atoms with van der Waals surface area (Å²) in [6, 6.07) is 6.66. The SMILES string of the molecule is CN=C(C(=CN)C1(O)CC1)c1ccc(NC(=O)[C@@H](NC(=O)OC(C)(C)C)C(C2CC2)C2CC2)cc1. The molecular weight excluding hydrogens is 444 g/mol. The van der Waals surface area contributed by atoms with Crippen LogP contribution in [0, 0.1) is 17.8 Å². The number of benzene rings is 1. The van der Waals surface area contributed by atoms with Gasteiger partial charge in [0.1, 0.15) is 11.6 Å². The van der Waals surface area contributed by atoms with Crippen LogP contribution in [0.1, 0.15) is 64.9 Å². The lowest BCUT2D eigenvalue weighted by molar-refractivity contribution is -0.120. The zero-order chi connectivity index (χ0) is 25.4. The number of nitrogens with one attached hydrogen (secondary N) is 2. The van der Waals surface area contributed by atoms with E-state index in [1.165, 1.54) is 6.20 Å². The van der Waals surface area contributed by atoms with Crippen LogP contribution in [0.25, 0.3) is 0 Å². The summed E-state index contributed by atoms with van der Waals surface area (Å²) in [5.41, 5.74) is 6.94. The first-order valence-corrected chi connectivity index (χ1v) is 12.6. The summed E-state index contributed by atoms with van der Waals surface area (Å²) in [6.07, 6.45) is 6.57. The van der Waals surface area contributed by atoms with Crippen LogP contribution >= 0.6 is 0 Å². The Bertz CT molecular complexity index is 1000. The van der Waals surface area contributed by atoms with Crippen LogP contribution in [0.4, 0.5) is 10.5 Å². The molecule has 8 nitrogen and oxygen atoms in total. The molecule has 0 spiro atoms. The molecular formula is C27H38N4O4. The minimum absolute atomic E-state index is 0.122. The van der Waals surface area contributed by atoms with Gasteiger partial charge < -0.3 is 26.2 Å². The molecule has 3 saturated carbocycles. The van der Waals surface area contributed by atoms with Gasteiger partial charge in [-0.15, -0.1) is 0 Å². The Labute approximate surface area is 207 Å². The zero-order valence-electron chi connectivity index (χ0n) is 21.1. The smallest absolute Gasteiger partial charge is 0.408 e. The molecule has 3 aliphatic rings. The molecule has 0 heterocycles. The van der Waals surface area contributed by atoms with E-state index in [0.29, 0.717) is 41.6 Å². The molecule has 1 aromatic rings. The van der Waals surface area contributed by atoms with Crippen LogP contribution in [-0.4, -0.2) is 47.1 Å². The summed E-state index contributed by atoms with van der Waals surface area (Å²) in [5.74, 6) is 0.825. The molecule has 190 valence electrons. The van der Waals surface area contributed by atoms with Crippen molar-refractivity contribution in [2.45, 2.75) is 76.5 Å². The first-order chi connectivity index (χ1) is 16.5. The molecule has 0 aliphatic heterocycles. The lowest BCUT2D eigenvalue weighted by atomic mass is 9.88. The fourth-order valence-corrected chi connectivity index (χ4v) is 4.84. The standard InChI is InChI=1S/C27H38N4O4/c1-26(2,3)35-25(33)31-23(21(16-5-6-16)17-7-8-17)24(32)30-19-11-9-18(10-12-19)22(29-4)20(15-28)27(34)13-14-27/h9-12,15-17,21,23,34H,5-8,13-14,28H2,1-4H3,(H,30,32)(H,31,33)/t23-/m0/s1. The van der Waals surface area contributed by atoms with Crippen molar-refractivity contribution in [1.82, 2.24) is 5.32 Å². The normalized spacial score (nSPS) is 20.9. The van der Waals surface area contributed by atoms with Crippen LogP contribution in [0.3, 0.4) is 0 Å². The topological polar surface area (TPSA) is 126 Å². The van der Waals surface area contributed by atoms with Crippen LogP contribution in [0.15, 0.2) is 41.0 Å². The molecule has 0 radical (unpaired) electrons. The number of carbonyl (C=O) groups excluding carboxylic acids is 2. The monoisotopic (exact) mass is 482 g/mol. The molecule has 3 aliphatic carbocycles. The lowest BCUT2D eigenvalue weighted by Crippen LogP contribution is -2.51. The highest BCUT2D eigenvalue weighted by atomic mass is 16.6. The predicted octanol–water partition coefficient (Wildman–Crippen LogP) is 3.74. The quantitative estimate of drug-likeness (QED) is 0.399. The largest absolute Gasteiger partial charge is 0.444 e. The molecule has 0 saturated heterocycles. The van der Waals surface area contributed by atoms with Crippen molar-refractivity contribution < 1.29 is 19.4 Å². The number of aliphatic hydroxyl groups is 1. The summed E-state index contributed by atoms with van der Waals surface area (Å²) in [7, 11) is 1.67. The van der Waals surface area contributed by atoms with Gasteiger partial charge in [0, 0.05) is 30.1 Å². The maximum atomic E-state index is 13.4. The van der Waals surface area contributed by atoms with Crippen molar-refractivity contribution in [2.75, 3.05) is 12.4 Å². The fraction of sp³-hybridized carbons (Fsp3) is 0.593. The molecule has 1 aromatic carbocycles. The van der Waals surface area contributed by atoms with Crippen molar-refractivity contribution in [3.63, 3.8) is 0 Å². The molecule has 0 aromatic heterocycles. The van der Waals surface area contributed by atoms with Gasteiger partial charge in [0.25, 0.3) is 0 Å². The van der Waals surface area contributed by atoms with E-state index in [-0.39, 0.29) is 11.8 Å². The number of alkyl carbamates (subject to hydrolysis) is 1. The Morgan fingerprint density at radius 2 is 1.71 bits per heavy atom. The molecule has 3 fully saturated rings. The van der Waals surface area contributed by atoms with E-state index in [0.717, 1.165) is 31.2 Å². The number of ether oxygens (including phenoxy) is 1. The second kappa shape index (κ2) is 9.64. The van der Waals surface area contributed by atoms with E-state index in [1.54, 1.807) is 19.2 Å². The third-order valence-corrected chi connectivity index (χ3v) is 6.97. The average molecular weight is 483 g/mol. The molecule has 35 heavy (non-hydrogen) atoms. The van der Waals surface area contributed by atoms with Gasteiger partial charge in [-0.1, -0.05) is 12.1 Å². The van der Waals surface area contributed by atoms with Crippen LogP contribution in [-0.2, 0) is 9.53 Å². The Morgan fingerprint density at radius 1 is 1.14 bits per heavy atom. The maximum Gasteiger partial charge on any atom is 0.408 e. The summed E-state index contributed by atoms with van der Waals surface area (Å²) >= 11 is 0. The van der Waals surface area contributed by atoms with Crippen molar-refractivity contribution in [3.8, 4) is 0 Å². The second-order valence-electron chi connectivity index (χ2n) is 11.1. The van der Waals surface area contributed by atoms with Gasteiger partial charge in [0.05, 0.1) is 11.3 Å². The van der Waals surface area contributed by atoms with E-state index in [9.17, 15) is 14.7 Å². The number of hydrogen-bond donors (Lipinski definition) is 4. The zero-order valence-corrected chi connectivity index (χ0v) is 21.1. The summed E-state index contributed by atoms with van der Waals surface area (Å²) < 4.78 is 5.46. The maximum absolute atomic E-state index is 13.4. The number of nitrogens with zero attached hydrogens (tertiary/aromatic N) is 1. The van der Waals surface area contributed by atoms with E-state index in [2.05, 4.69) is 15.6 Å². The second-order valence-corrected chi connectivity index (χ2v) is 11.1. The summed E-state index contributed by atoms with van der Waals surface area (Å²) in [4.78, 5) is 30.4. The van der Waals surface area contributed by atoms with Gasteiger partial charge in [0.15, 0.2) is 0 Å². The fourth-order valence-electron chi connectivity index (χ4n) is 4.84. The van der Waals surface area contributed by atoms with Crippen LogP contribution < -0.4 is 16.4 Å². The molecule has 5 N–H and O–H groups in total. The first-order valence-electron chi connectivity index (χ1n) is 12.6. The first kappa shape index (κ1) is 25.2. The third kappa shape index (κ3) is 6.23. The van der Waals surface area contributed by atoms with Gasteiger partial charge in [0.2, 0.25) is 5.91 Å².